The lowest BCUT2D eigenvalue weighted by Gasteiger charge is -2.25. The van der Waals surface area contributed by atoms with E-state index in [0.29, 0.717) is 12.2 Å². The number of benzene rings is 1. The van der Waals surface area contributed by atoms with Gasteiger partial charge in [-0.25, -0.2) is 0 Å². The van der Waals surface area contributed by atoms with E-state index in [1.54, 1.807) is 19.9 Å². The fraction of sp³-hybridized carbons (Fsp3) is 0.562. The minimum atomic E-state index is -0.843. The van der Waals surface area contributed by atoms with Crippen LogP contribution in [0.4, 0.5) is 0 Å². The topological polar surface area (TPSA) is 46.5 Å². The Labute approximate surface area is 115 Å². The molecular formula is C16H24O3. The molecule has 0 aromatic heterocycles. The van der Waals surface area contributed by atoms with Gasteiger partial charge >= 0.3 is 5.97 Å². The maximum absolute atomic E-state index is 12.1. The summed E-state index contributed by atoms with van der Waals surface area (Å²) in [5.41, 5.74) is 0.637. The van der Waals surface area contributed by atoms with Gasteiger partial charge in [-0.15, -0.1) is 0 Å². The smallest absolute Gasteiger partial charge is 0.316 e. The Morgan fingerprint density at radius 2 is 2.00 bits per heavy atom. The number of hydrogen-bond acceptors (Lipinski definition) is 3. The van der Waals surface area contributed by atoms with E-state index in [4.69, 9.17) is 4.74 Å². The Bertz CT molecular complexity index is 447. The van der Waals surface area contributed by atoms with Crippen molar-refractivity contribution in [3.05, 3.63) is 29.3 Å². The number of carbonyl (C=O) groups excluding carboxylic acids is 1. The summed E-state index contributed by atoms with van der Waals surface area (Å²) in [5.74, 6) is 0.115. The Hall–Kier alpha value is -1.51. The van der Waals surface area contributed by atoms with Gasteiger partial charge in [-0.2, -0.15) is 0 Å². The quantitative estimate of drug-likeness (QED) is 0.824. The Balaban J connectivity index is 3.14. The number of rotatable bonds is 5. The average molecular weight is 264 g/mol. The molecule has 19 heavy (non-hydrogen) atoms. The molecule has 0 bridgehead atoms. The van der Waals surface area contributed by atoms with E-state index in [1.165, 1.54) is 0 Å². The zero-order valence-electron chi connectivity index (χ0n) is 12.5. The molecule has 0 aliphatic rings. The first-order valence-corrected chi connectivity index (χ1v) is 6.82. The Morgan fingerprint density at radius 3 is 2.53 bits per heavy atom. The molecule has 1 N–H and O–H groups in total. The van der Waals surface area contributed by atoms with Crippen molar-refractivity contribution in [3.8, 4) is 5.75 Å². The molecule has 3 nitrogen and oxygen atoms in total. The number of phenolic OH excluding ortho intramolecular Hbond substituents is 1. The molecule has 0 amide bonds. The van der Waals surface area contributed by atoms with Crippen molar-refractivity contribution in [1.29, 1.82) is 0 Å². The van der Waals surface area contributed by atoms with Gasteiger partial charge < -0.3 is 9.84 Å². The number of carbonyl (C=O) groups is 1. The van der Waals surface area contributed by atoms with Gasteiger partial charge in [0.2, 0.25) is 0 Å². The van der Waals surface area contributed by atoms with Crippen LogP contribution < -0.4 is 0 Å². The predicted molar refractivity (Wildman–Crippen MR) is 76.5 cm³/mol. The SMILES string of the molecule is CCCOC(=O)C(C)(C)c1cccc(C(C)C)c1O. The van der Waals surface area contributed by atoms with Crippen molar-refractivity contribution < 1.29 is 14.6 Å². The molecule has 0 fully saturated rings. The van der Waals surface area contributed by atoms with E-state index in [-0.39, 0.29) is 17.6 Å². The van der Waals surface area contributed by atoms with Crippen LogP contribution in [0, 0.1) is 0 Å². The molecule has 1 aromatic rings. The number of phenols is 1. The van der Waals surface area contributed by atoms with Crippen LogP contribution in [-0.2, 0) is 14.9 Å². The lowest BCUT2D eigenvalue weighted by molar-refractivity contribution is -0.149. The van der Waals surface area contributed by atoms with Crippen molar-refractivity contribution in [2.45, 2.75) is 52.4 Å². The van der Waals surface area contributed by atoms with Crippen molar-refractivity contribution >= 4 is 5.97 Å². The highest BCUT2D eigenvalue weighted by Crippen LogP contribution is 2.37. The summed E-state index contributed by atoms with van der Waals surface area (Å²) in [6, 6.07) is 5.55. The molecule has 0 spiro atoms. The molecule has 0 atom stereocenters. The molecule has 1 rings (SSSR count). The number of ether oxygens (including phenoxy) is 1. The van der Waals surface area contributed by atoms with Crippen molar-refractivity contribution in [1.82, 2.24) is 0 Å². The van der Waals surface area contributed by atoms with E-state index in [0.717, 1.165) is 12.0 Å². The number of esters is 1. The van der Waals surface area contributed by atoms with Crippen LogP contribution in [-0.4, -0.2) is 17.7 Å². The number of hydrogen-bond donors (Lipinski definition) is 1. The van der Waals surface area contributed by atoms with Gasteiger partial charge in [-0.3, -0.25) is 4.79 Å². The molecule has 0 radical (unpaired) electrons. The highest BCUT2D eigenvalue weighted by atomic mass is 16.5. The first-order chi connectivity index (χ1) is 8.82. The molecule has 0 saturated carbocycles. The maximum Gasteiger partial charge on any atom is 0.316 e. The second-order valence-corrected chi connectivity index (χ2v) is 5.66. The third kappa shape index (κ3) is 3.28. The first-order valence-electron chi connectivity index (χ1n) is 6.82. The minimum absolute atomic E-state index is 0.205. The summed E-state index contributed by atoms with van der Waals surface area (Å²) in [4.78, 5) is 12.1. The summed E-state index contributed by atoms with van der Waals surface area (Å²) in [6.45, 7) is 9.96. The normalized spacial score (nSPS) is 11.7. The van der Waals surface area contributed by atoms with Gasteiger partial charge in [-0.1, -0.05) is 39.0 Å². The molecule has 0 aliphatic heterocycles. The van der Waals surface area contributed by atoms with Crippen LogP contribution in [0.2, 0.25) is 0 Å². The van der Waals surface area contributed by atoms with Gasteiger partial charge in [0.1, 0.15) is 5.75 Å². The third-order valence-electron chi connectivity index (χ3n) is 3.31. The van der Waals surface area contributed by atoms with Crippen molar-refractivity contribution in [2.75, 3.05) is 6.61 Å². The fourth-order valence-corrected chi connectivity index (χ4v) is 2.02. The minimum Gasteiger partial charge on any atom is -0.507 e. The van der Waals surface area contributed by atoms with Crippen LogP contribution in [0.1, 0.15) is 58.1 Å². The summed E-state index contributed by atoms with van der Waals surface area (Å²) in [5, 5.41) is 10.4. The first kappa shape index (κ1) is 15.5. The largest absolute Gasteiger partial charge is 0.507 e. The van der Waals surface area contributed by atoms with Crippen molar-refractivity contribution in [2.24, 2.45) is 0 Å². The van der Waals surface area contributed by atoms with Gasteiger partial charge in [0, 0.05) is 5.56 Å². The van der Waals surface area contributed by atoms with E-state index >= 15 is 0 Å². The van der Waals surface area contributed by atoms with Crippen LogP contribution in [0.3, 0.4) is 0 Å². The molecule has 106 valence electrons. The second-order valence-electron chi connectivity index (χ2n) is 5.66. The highest BCUT2D eigenvalue weighted by molar-refractivity contribution is 5.83. The number of para-hydroxylation sites is 1. The molecule has 0 saturated heterocycles. The fourth-order valence-electron chi connectivity index (χ4n) is 2.02. The highest BCUT2D eigenvalue weighted by Gasteiger charge is 2.34. The van der Waals surface area contributed by atoms with Crippen LogP contribution in [0.25, 0.3) is 0 Å². The van der Waals surface area contributed by atoms with Crippen LogP contribution >= 0.6 is 0 Å². The van der Waals surface area contributed by atoms with E-state index < -0.39 is 5.41 Å². The summed E-state index contributed by atoms with van der Waals surface area (Å²) >= 11 is 0. The van der Waals surface area contributed by atoms with E-state index in [1.807, 2.05) is 32.9 Å². The zero-order valence-corrected chi connectivity index (χ0v) is 12.5. The zero-order chi connectivity index (χ0) is 14.6. The van der Waals surface area contributed by atoms with E-state index in [2.05, 4.69) is 0 Å². The summed E-state index contributed by atoms with van der Waals surface area (Å²) < 4.78 is 5.22. The lowest BCUT2D eigenvalue weighted by Crippen LogP contribution is -2.31. The number of aromatic hydroxyl groups is 1. The monoisotopic (exact) mass is 264 g/mol. The van der Waals surface area contributed by atoms with E-state index in [9.17, 15) is 9.90 Å². The third-order valence-corrected chi connectivity index (χ3v) is 3.31. The second kappa shape index (κ2) is 6.09. The van der Waals surface area contributed by atoms with Crippen molar-refractivity contribution in [3.63, 3.8) is 0 Å². The molecule has 0 unspecified atom stereocenters. The van der Waals surface area contributed by atoms with Gasteiger partial charge in [0.05, 0.1) is 12.0 Å². The van der Waals surface area contributed by atoms with Crippen LogP contribution in [0.15, 0.2) is 18.2 Å². The maximum atomic E-state index is 12.1. The Morgan fingerprint density at radius 1 is 1.37 bits per heavy atom. The van der Waals surface area contributed by atoms with Gasteiger partial charge in [0.15, 0.2) is 0 Å². The predicted octanol–water partition coefficient (Wildman–Crippen LogP) is 3.75. The molecule has 1 aromatic carbocycles. The summed E-state index contributed by atoms with van der Waals surface area (Å²) in [6.07, 6.45) is 0.792. The summed E-state index contributed by atoms with van der Waals surface area (Å²) in [7, 11) is 0. The van der Waals surface area contributed by atoms with Gasteiger partial charge in [0.25, 0.3) is 0 Å². The Kier molecular flexibility index (Phi) is 4.98. The van der Waals surface area contributed by atoms with Gasteiger partial charge in [-0.05, 0) is 31.7 Å². The van der Waals surface area contributed by atoms with Crippen LogP contribution in [0.5, 0.6) is 5.75 Å². The lowest BCUT2D eigenvalue weighted by atomic mass is 9.82. The molecule has 0 aliphatic carbocycles. The molecule has 0 heterocycles. The average Bonchev–Trinajstić information content (AvgIpc) is 2.35. The molecule has 3 heteroatoms. The molecular weight excluding hydrogens is 240 g/mol. The standard InChI is InChI=1S/C16H24O3/c1-6-10-19-15(18)16(4,5)13-9-7-8-12(11(2)3)14(13)17/h7-9,11,17H,6,10H2,1-5H3.